The molecule has 50 heavy (non-hydrogen) atoms. The third-order valence-electron chi connectivity index (χ3n) is 9.50. The zero-order valence-electron chi connectivity index (χ0n) is 29.1. The first-order valence-electron chi connectivity index (χ1n) is 16.7. The molecule has 1 fully saturated rings. The lowest BCUT2D eigenvalue weighted by molar-refractivity contribution is -0.130. The Kier molecular flexibility index (Phi) is 9.45. The molecule has 2 atom stereocenters. The molecule has 5 heterocycles. The van der Waals surface area contributed by atoms with Crippen LogP contribution in [-0.4, -0.2) is 93.6 Å². The van der Waals surface area contributed by atoms with Crippen LogP contribution in [0.2, 0.25) is 5.02 Å². The summed E-state index contributed by atoms with van der Waals surface area (Å²) in [6.07, 6.45) is 3.49. The molecule has 3 aromatic heterocycles. The van der Waals surface area contributed by atoms with E-state index in [0.29, 0.717) is 35.4 Å². The number of aromatic hydroxyl groups is 1. The number of rotatable bonds is 8. The summed E-state index contributed by atoms with van der Waals surface area (Å²) in [7, 11) is 3.87. The predicted molar refractivity (Wildman–Crippen MR) is 194 cm³/mol. The highest BCUT2D eigenvalue weighted by molar-refractivity contribution is 6.34. The summed E-state index contributed by atoms with van der Waals surface area (Å²) in [4.78, 5) is 59.3. The van der Waals surface area contributed by atoms with Gasteiger partial charge in [0.05, 0.1) is 39.9 Å². The maximum Gasteiger partial charge on any atom is 0.283 e. The van der Waals surface area contributed by atoms with E-state index < -0.39 is 17.4 Å². The van der Waals surface area contributed by atoms with Crippen molar-refractivity contribution in [2.45, 2.75) is 52.1 Å². The first kappa shape index (κ1) is 35.0. The average molecular weight is 702 g/mol. The molecule has 262 valence electrons. The number of phenols is 1. The van der Waals surface area contributed by atoms with Gasteiger partial charge in [-0.05, 0) is 82.7 Å². The van der Waals surface area contributed by atoms with Gasteiger partial charge < -0.3 is 24.7 Å². The lowest BCUT2D eigenvalue weighted by Gasteiger charge is -2.50. The van der Waals surface area contributed by atoms with Crippen molar-refractivity contribution in [1.29, 1.82) is 0 Å². The fourth-order valence-corrected chi connectivity index (χ4v) is 7.36. The van der Waals surface area contributed by atoms with Gasteiger partial charge in [-0.15, -0.1) is 0 Å². The average Bonchev–Trinajstić information content (AvgIpc) is 3.06. The molecule has 2 aliphatic heterocycles. The number of carbonyl (C=O) groups excluding carboxylic acids is 2. The molecule has 1 N–H and O–H groups in total. The molecular formula is C37H41ClFN7O4. The Morgan fingerprint density at radius 3 is 2.58 bits per heavy atom. The highest BCUT2D eigenvalue weighted by Gasteiger charge is 2.47. The van der Waals surface area contributed by atoms with Crippen molar-refractivity contribution < 1.29 is 19.1 Å². The second-order valence-electron chi connectivity index (χ2n) is 13.5. The van der Waals surface area contributed by atoms with Crippen LogP contribution >= 0.6 is 11.6 Å². The Morgan fingerprint density at radius 1 is 1.18 bits per heavy atom. The normalized spacial score (nSPS) is 17.5. The fraction of sp³-hybridized carbons (Fsp3) is 0.378. The first-order valence-corrected chi connectivity index (χ1v) is 17.0. The van der Waals surface area contributed by atoms with Crippen LogP contribution in [-0.2, 0) is 9.59 Å². The molecule has 11 nitrogen and oxygen atoms in total. The number of nitrogens with zero attached hydrogens (tertiary/aromatic N) is 7. The van der Waals surface area contributed by atoms with Crippen molar-refractivity contribution in [3.05, 3.63) is 81.6 Å². The minimum absolute atomic E-state index is 0.0402. The zero-order chi connectivity index (χ0) is 36.2. The number of benzene rings is 1. The van der Waals surface area contributed by atoms with Gasteiger partial charge in [-0.2, -0.15) is 0 Å². The molecule has 4 aromatic rings. The number of piperazine rings is 1. The summed E-state index contributed by atoms with van der Waals surface area (Å²) in [5.41, 5.74) is 1.91. The number of hydrogen-bond acceptors (Lipinski definition) is 8. The zero-order valence-corrected chi connectivity index (χ0v) is 29.8. The second kappa shape index (κ2) is 13.5. The summed E-state index contributed by atoms with van der Waals surface area (Å²) in [6, 6.07) is 6.21. The second-order valence-corrected chi connectivity index (χ2v) is 13.9. The van der Waals surface area contributed by atoms with Gasteiger partial charge in [-0.1, -0.05) is 38.1 Å². The lowest BCUT2D eigenvalue weighted by Crippen LogP contribution is -2.66. The first-order chi connectivity index (χ1) is 23.8. The summed E-state index contributed by atoms with van der Waals surface area (Å²) >= 11 is 6.94. The molecule has 0 bridgehead atoms. The van der Waals surface area contributed by atoms with Crippen LogP contribution in [0, 0.1) is 12.7 Å². The van der Waals surface area contributed by atoms with Crippen molar-refractivity contribution in [2.24, 2.45) is 0 Å². The molecule has 0 saturated carbocycles. The number of hydrogen-bond donors (Lipinski definition) is 1. The molecular weight excluding hydrogens is 661 g/mol. The summed E-state index contributed by atoms with van der Waals surface area (Å²) < 4.78 is 16.8. The number of phenolic OH excluding ortho intramolecular Hbond substituents is 1. The molecule has 0 spiro atoms. The van der Waals surface area contributed by atoms with E-state index in [2.05, 4.69) is 11.6 Å². The van der Waals surface area contributed by atoms with Crippen LogP contribution in [0.1, 0.15) is 44.4 Å². The Morgan fingerprint density at radius 2 is 1.92 bits per heavy atom. The van der Waals surface area contributed by atoms with Crippen LogP contribution in [0.3, 0.4) is 0 Å². The highest BCUT2D eigenvalue weighted by Crippen LogP contribution is 2.45. The molecule has 2 aliphatic rings. The minimum atomic E-state index is -0.805. The van der Waals surface area contributed by atoms with Crippen LogP contribution in [0.5, 0.6) is 5.75 Å². The van der Waals surface area contributed by atoms with E-state index in [9.17, 15) is 14.7 Å². The molecule has 6 rings (SSSR count). The number of aromatic nitrogens is 3. The quantitative estimate of drug-likeness (QED) is 0.247. The van der Waals surface area contributed by atoms with E-state index in [1.54, 1.807) is 23.2 Å². The van der Waals surface area contributed by atoms with Gasteiger partial charge in [0.15, 0.2) is 5.65 Å². The van der Waals surface area contributed by atoms with Crippen molar-refractivity contribution in [3.8, 4) is 22.7 Å². The molecule has 2 amide bonds. The van der Waals surface area contributed by atoms with Crippen molar-refractivity contribution in [1.82, 2.24) is 24.3 Å². The van der Waals surface area contributed by atoms with E-state index in [-0.39, 0.29) is 76.8 Å². The van der Waals surface area contributed by atoms with Crippen LogP contribution in [0.15, 0.2) is 54.0 Å². The van der Waals surface area contributed by atoms with E-state index in [0.717, 1.165) is 5.56 Å². The maximum absolute atomic E-state index is 15.4. The Balaban J connectivity index is 1.75. The number of halogens is 2. The largest absolute Gasteiger partial charge is 0.507 e. The number of amides is 2. The number of anilines is 2. The van der Waals surface area contributed by atoms with E-state index >= 15 is 9.18 Å². The third kappa shape index (κ3) is 5.79. The number of fused-ring (bicyclic) bond motifs is 5. The van der Waals surface area contributed by atoms with Crippen LogP contribution in [0.4, 0.5) is 15.8 Å². The van der Waals surface area contributed by atoms with Gasteiger partial charge in [0, 0.05) is 30.7 Å². The van der Waals surface area contributed by atoms with Crippen LogP contribution in [0.25, 0.3) is 28.0 Å². The van der Waals surface area contributed by atoms with E-state index in [1.807, 2.05) is 51.6 Å². The Bertz CT molecular complexity index is 2080. The third-order valence-corrected chi connectivity index (χ3v) is 9.79. The van der Waals surface area contributed by atoms with Gasteiger partial charge in [-0.25, -0.2) is 9.37 Å². The summed E-state index contributed by atoms with van der Waals surface area (Å²) in [6.45, 7) is 12.6. The highest BCUT2D eigenvalue weighted by atomic mass is 35.5. The minimum Gasteiger partial charge on any atom is -0.507 e. The van der Waals surface area contributed by atoms with Crippen LogP contribution < -0.4 is 15.4 Å². The van der Waals surface area contributed by atoms with E-state index in [1.165, 1.54) is 33.7 Å². The Hall–Kier alpha value is -4.81. The Labute approximate surface area is 295 Å². The standard InChI is InChI=1S/C37H41ClFN7O4/c1-8-28(48)44-19-26-36(49)43(16-10-15-42(6)7)34-33(45(26)18-22(44)5)23-17-24(38)31(29-25(39)11-9-12-27(29)47)41-35(23)46(37(34)50)32-21(4)13-14-40-30(32)20(2)3/h8-9,11-14,17,20,22,26,47H,1,10,15-16,18-19H2,2-7H3. The molecule has 0 radical (unpaired) electrons. The lowest BCUT2D eigenvalue weighted by atomic mass is 9.97. The van der Waals surface area contributed by atoms with Crippen molar-refractivity contribution >= 4 is 45.8 Å². The summed E-state index contributed by atoms with van der Waals surface area (Å²) in [5, 5.41) is 11.3. The number of pyridine rings is 3. The smallest absolute Gasteiger partial charge is 0.283 e. The van der Waals surface area contributed by atoms with Gasteiger partial charge in [0.25, 0.3) is 11.5 Å². The van der Waals surface area contributed by atoms with Crippen molar-refractivity contribution in [2.75, 3.05) is 50.1 Å². The van der Waals surface area contributed by atoms with Gasteiger partial charge >= 0.3 is 0 Å². The molecule has 13 heteroatoms. The maximum atomic E-state index is 15.4. The van der Waals surface area contributed by atoms with Gasteiger partial charge in [0.2, 0.25) is 5.91 Å². The SMILES string of the molecule is C=CC(=O)N1CC2C(=O)N(CCCN(C)C)c3c(c4cc(Cl)c(-c5c(O)cccc5F)nc4n(-c4c(C)ccnc4C(C)C)c3=O)N2CC1C. The molecule has 0 aliphatic carbocycles. The van der Waals surface area contributed by atoms with Crippen molar-refractivity contribution in [3.63, 3.8) is 0 Å². The number of aryl methyl sites for hydroxylation is 1. The molecule has 2 unspecified atom stereocenters. The fourth-order valence-electron chi connectivity index (χ4n) is 7.12. The number of carbonyl (C=O) groups is 2. The summed E-state index contributed by atoms with van der Waals surface area (Å²) in [5.74, 6) is -1.79. The van der Waals surface area contributed by atoms with Gasteiger partial charge in [-0.3, -0.25) is 23.9 Å². The predicted octanol–water partition coefficient (Wildman–Crippen LogP) is 5.27. The molecule has 1 aromatic carbocycles. The van der Waals surface area contributed by atoms with E-state index in [4.69, 9.17) is 16.6 Å². The molecule has 1 saturated heterocycles. The van der Waals surface area contributed by atoms with Gasteiger partial charge in [0.1, 0.15) is 23.3 Å². The topological polar surface area (TPSA) is 115 Å². The monoisotopic (exact) mass is 701 g/mol.